The number of sulfonamides is 2. The van der Waals surface area contributed by atoms with E-state index in [1.54, 1.807) is 30.3 Å². The van der Waals surface area contributed by atoms with Gasteiger partial charge in [0.15, 0.2) is 0 Å². The number of nitrogens with one attached hydrogen (secondary N) is 1. The first-order chi connectivity index (χ1) is 22.1. The fourth-order valence-corrected chi connectivity index (χ4v) is 7.50. The summed E-state index contributed by atoms with van der Waals surface area (Å²) in [5.41, 5.74) is 1.38. The minimum atomic E-state index is -4.30. The lowest BCUT2D eigenvalue weighted by atomic mass is 10.0. The first kappa shape index (κ1) is 37.3. The number of carbonyl (C=O) groups is 2. The maximum absolute atomic E-state index is 13.7. The predicted molar refractivity (Wildman–Crippen MR) is 172 cm³/mol. The molecule has 0 saturated carbocycles. The van der Waals surface area contributed by atoms with Gasteiger partial charge in [0, 0.05) is 32.5 Å². The average Bonchev–Trinajstić information content (AvgIpc) is 3.00. The Morgan fingerprint density at radius 2 is 1.40 bits per heavy atom. The molecule has 0 saturated heterocycles. The molecule has 3 rings (SSSR count). The first-order valence-corrected chi connectivity index (χ1v) is 17.5. The summed E-state index contributed by atoms with van der Waals surface area (Å²) < 4.78 is 68.3. The Morgan fingerprint density at radius 1 is 0.851 bits per heavy atom. The van der Waals surface area contributed by atoms with Crippen LogP contribution in [0, 0.1) is 5.92 Å². The van der Waals surface area contributed by atoms with Crippen LogP contribution in [0.5, 0.6) is 0 Å². The van der Waals surface area contributed by atoms with Crippen molar-refractivity contribution in [2.45, 2.75) is 62.3 Å². The van der Waals surface area contributed by atoms with Crippen LogP contribution in [-0.2, 0) is 45.5 Å². The molecule has 0 fully saturated rings. The van der Waals surface area contributed by atoms with Crippen molar-refractivity contribution in [3.63, 3.8) is 0 Å². The summed E-state index contributed by atoms with van der Waals surface area (Å²) in [5, 5.41) is 23.2. The van der Waals surface area contributed by atoms with E-state index in [1.807, 2.05) is 13.8 Å². The highest BCUT2D eigenvalue weighted by Gasteiger charge is 2.33. The highest BCUT2D eigenvalue weighted by molar-refractivity contribution is 7.89. The summed E-state index contributed by atoms with van der Waals surface area (Å²) >= 11 is 0. The van der Waals surface area contributed by atoms with Gasteiger partial charge in [0.05, 0.1) is 28.2 Å². The van der Waals surface area contributed by atoms with Crippen LogP contribution in [0.25, 0.3) is 0 Å². The van der Waals surface area contributed by atoms with Crippen LogP contribution in [0.15, 0.2) is 93.8 Å². The maximum atomic E-state index is 13.7. The lowest BCUT2D eigenvalue weighted by Crippen LogP contribution is -2.51. The van der Waals surface area contributed by atoms with E-state index in [0.717, 1.165) is 24.4 Å². The largest absolute Gasteiger partial charge is 0.421 e. The van der Waals surface area contributed by atoms with Gasteiger partial charge in [0.25, 0.3) is 6.29 Å². The molecule has 0 aliphatic carbocycles. The van der Waals surface area contributed by atoms with Crippen LogP contribution in [0.4, 0.5) is 0 Å². The fourth-order valence-electron chi connectivity index (χ4n) is 4.61. The summed E-state index contributed by atoms with van der Waals surface area (Å²) in [5.74, 6) is -1.56. The standard InChI is InChI=1S/C32H39N3O10S2/c1-22(2)20-35(47(42,43)29-14-10-26(11-15-29)19-33-39)21-31(38)30(18-25-8-6-5-7-9-25)34-46(40,41)28-16-12-27(13-17-28)32(44-23(3)36)45-24(4)37/h5-17,19,22,30-32,34,38-39H,18,20-21H2,1-4H3/b33-19+/t30-,31+/m0/s1. The van der Waals surface area contributed by atoms with E-state index in [4.69, 9.17) is 14.7 Å². The number of oxime groups is 1. The van der Waals surface area contributed by atoms with Gasteiger partial charge in [-0.25, -0.2) is 21.6 Å². The van der Waals surface area contributed by atoms with E-state index in [0.29, 0.717) is 11.1 Å². The summed E-state index contributed by atoms with van der Waals surface area (Å²) in [6.45, 7) is 5.52. The SMILES string of the molecule is CC(=O)OC(OC(C)=O)c1ccc(S(=O)(=O)N[C@@H](Cc2ccccc2)[C@H](O)CN(CC(C)C)S(=O)(=O)c2ccc(/C=N/O)cc2)cc1. The molecule has 0 aliphatic rings. The van der Waals surface area contributed by atoms with E-state index in [2.05, 4.69) is 9.88 Å². The van der Waals surface area contributed by atoms with Crippen LogP contribution in [0.3, 0.4) is 0 Å². The third-order valence-electron chi connectivity index (χ3n) is 6.76. The number of nitrogens with zero attached hydrogens (tertiary/aromatic N) is 2. The molecule has 254 valence electrons. The van der Waals surface area contributed by atoms with Gasteiger partial charge in [-0.15, -0.1) is 0 Å². The molecule has 15 heteroatoms. The Morgan fingerprint density at radius 3 is 1.91 bits per heavy atom. The van der Waals surface area contributed by atoms with Crippen molar-refractivity contribution in [1.29, 1.82) is 0 Å². The Hall–Kier alpha value is -4.15. The smallest absolute Gasteiger partial charge is 0.305 e. The molecular weight excluding hydrogens is 650 g/mol. The lowest BCUT2D eigenvalue weighted by Gasteiger charge is -2.30. The number of hydrogen-bond acceptors (Lipinski definition) is 11. The number of benzene rings is 3. The molecule has 0 spiro atoms. The van der Waals surface area contributed by atoms with Crippen molar-refractivity contribution in [1.82, 2.24) is 9.03 Å². The van der Waals surface area contributed by atoms with Crippen LogP contribution in [0.2, 0.25) is 0 Å². The van der Waals surface area contributed by atoms with Gasteiger partial charge in [0.1, 0.15) is 0 Å². The molecule has 0 aromatic heterocycles. The van der Waals surface area contributed by atoms with Gasteiger partial charge >= 0.3 is 11.9 Å². The average molecular weight is 690 g/mol. The molecule has 0 heterocycles. The number of esters is 2. The molecule has 0 bridgehead atoms. The number of rotatable bonds is 16. The highest BCUT2D eigenvalue weighted by atomic mass is 32.2. The third kappa shape index (κ3) is 11.0. The molecule has 0 aliphatic heterocycles. The minimum absolute atomic E-state index is 0.0328. The molecular formula is C32H39N3O10S2. The summed E-state index contributed by atoms with van der Waals surface area (Å²) in [6, 6.07) is 18.4. The van der Waals surface area contributed by atoms with Crippen molar-refractivity contribution in [3.8, 4) is 0 Å². The number of ether oxygens (including phenoxy) is 2. The monoisotopic (exact) mass is 689 g/mol. The number of hydrogen-bond donors (Lipinski definition) is 3. The van der Waals surface area contributed by atoms with Gasteiger partial charge in [-0.2, -0.15) is 4.31 Å². The second-order valence-electron chi connectivity index (χ2n) is 11.1. The molecule has 0 amide bonds. The van der Waals surface area contributed by atoms with Crippen molar-refractivity contribution < 1.29 is 46.2 Å². The van der Waals surface area contributed by atoms with Gasteiger partial charge in [0.2, 0.25) is 20.0 Å². The quantitative estimate of drug-likeness (QED) is 0.0662. The molecule has 0 radical (unpaired) electrons. The molecule has 0 unspecified atom stereocenters. The summed E-state index contributed by atoms with van der Waals surface area (Å²) in [6.07, 6.45) is -1.69. The van der Waals surface area contributed by atoms with Crippen molar-refractivity contribution in [2.24, 2.45) is 11.1 Å². The Labute approximate surface area is 274 Å². The van der Waals surface area contributed by atoms with E-state index >= 15 is 0 Å². The number of aliphatic hydroxyl groups is 1. The van der Waals surface area contributed by atoms with E-state index in [-0.39, 0.29) is 34.2 Å². The third-order valence-corrected chi connectivity index (χ3v) is 10.1. The lowest BCUT2D eigenvalue weighted by molar-refractivity contribution is -0.186. The summed E-state index contributed by atoms with van der Waals surface area (Å²) in [7, 11) is -8.43. The van der Waals surface area contributed by atoms with Gasteiger partial charge in [-0.05, 0) is 47.7 Å². The number of aliphatic hydroxyl groups excluding tert-OH is 1. The van der Waals surface area contributed by atoms with Crippen molar-refractivity contribution >= 4 is 38.2 Å². The molecule has 47 heavy (non-hydrogen) atoms. The molecule has 3 aromatic rings. The van der Waals surface area contributed by atoms with Crippen molar-refractivity contribution in [2.75, 3.05) is 13.1 Å². The normalized spacial score (nSPS) is 13.6. The minimum Gasteiger partial charge on any atom is -0.421 e. The molecule has 2 atom stereocenters. The first-order valence-electron chi connectivity index (χ1n) is 14.6. The zero-order valence-corrected chi connectivity index (χ0v) is 28.0. The van der Waals surface area contributed by atoms with Gasteiger partial charge < -0.3 is 19.8 Å². The maximum Gasteiger partial charge on any atom is 0.305 e. The highest BCUT2D eigenvalue weighted by Crippen LogP contribution is 2.23. The van der Waals surface area contributed by atoms with Gasteiger partial charge in [-0.1, -0.05) is 73.6 Å². The molecule has 3 N–H and O–H groups in total. The fraction of sp³-hybridized carbons (Fsp3) is 0.344. The van der Waals surface area contributed by atoms with Crippen LogP contribution >= 0.6 is 0 Å². The number of carbonyl (C=O) groups excluding carboxylic acids is 2. The molecule has 3 aromatic carbocycles. The Kier molecular flexibility index (Phi) is 13.2. The van der Waals surface area contributed by atoms with Crippen LogP contribution in [0.1, 0.15) is 50.7 Å². The second-order valence-corrected chi connectivity index (χ2v) is 14.8. The zero-order valence-electron chi connectivity index (χ0n) is 26.4. The van der Waals surface area contributed by atoms with Crippen LogP contribution in [-0.4, -0.2) is 74.8 Å². The Balaban J connectivity index is 1.93. The second kappa shape index (κ2) is 16.6. The Bertz CT molecular complexity index is 1710. The van der Waals surface area contributed by atoms with E-state index in [9.17, 15) is 31.5 Å². The van der Waals surface area contributed by atoms with Crippen LogP contribution < -0.4 is 4.72 Å². The van der Waals surface area contributed by atoms with Gasteiger partial charge in [-0.3, -0.25) is 9.59 Å². The predicted octanol–water partition coefficient (Wildman–Crippen LogP) is 3.22. The van der Waals surface area contributed by atoms with E-state index in [1.165, 1.54) is 48.5 Å². The van der Waals surface area contributed by atoms with Crippen molar-refractivity contribution in [3.05, 3.63) is 95.6 Å². The molecule has 13 nitrogen and oxygen atoms in total. The topological polar surface area (TPSA) is 189 Å². The summed E-state index contributed by atoms with van der Waals surface area (Å²) in [4.78, 5) is 22.7. The zero-order chi connectivity index (χ0) is 34.8. The van der Waals surface area contributed by atoms with E-state index < -0.39 is 57.0 Å².